The van der Waals surface area contributed by atoms with Gasteiger partial charge in [-0.2, -0.15) is 0 Å². The molecule has 0 unspecified atom stereocenters. The van der Waals surface area contributed by atoms with Crippen molar-refractivity contribution >= 4 is 5.97 Å². The highest BCUT2D eigenvalue weighted by atomic mass is 16.4. The van der Waals surface area contributed by atoms with Crippen LogP contribution in [0.15, 0.2) is 10.5 Å². The van der Waals surface area contributed by atoms with Crippen molar-refractivity contribution in [1.82, 2.24) is 5.32 Å². The lowest BCUT2D eigenvalue weighted by Gasteiger charge is -2.25. The summed E-state index contributed by atoms with van der Waals surface area (Å²) in [7, 11) is 0. The van der Waals surface area contributed by atoms with Gasteiger partial charge in [0.1, 0.15) is 17.1 Å². The zero-order chi connectivity index (χ0) is 11.5. The van der Waals surface area contributed by atoms with E-state index in [1.54, 1.807) is 13.0 Å². The standard InChI is InChI=1S/C12H17NO3/c1-8-11(12(14)15)5-10(16-8)7-13-6-9-3-2-4-9/h5,9,13H,2-4,6-7H2,1H3,(H,14,15). The number of hydrogen-bond donors (Lipinski definition) is 2. The van der Waals surface area contributed by atoms with E-state index in [9.17, 15) is 4.79 Å². The Morgan fingerprint density at radius 3 is 2.88 bits per heavy atom. The van der Waals surface area contributed by atoms with E-state index in [0.717, 1.165) is 12.5 Å². The number of aryl methyl sites for hydroxylation is 1. The van der Waals surface area contributed by atoms with Gasteiger partial charge in [-0.25, -0.2) is 4.79 Å². The summed E-state index contributed by atoms with van der Waals surface area (Å²) >= 11 is 0. The number of nitrogens with one attached hydrogen (secondary N) is 1. The van der Waals surface area contributed by atoms with Gasteiger partial charge in [0.05, 0.1) is 6.54 Å². The third-order valence-electron chi connectivity index (χ3n) is 3.16. The number of rotatable bonds is 5. The number of carboxylic acid groups (broad SMARTS) is 1. The summed E-state index contributed by atoms with van der Waals surface area (Å²) in [4.78, 5) is 10.8. The predicted octanol–water partition coefficient (Wildman–Crippen LogP) is 2.18. The molecule has 0 spiro atoms. The molecule has 16 heavy (non-hydrogen) atoms. The number of furan rings is 1. The van der Waals surface area contributed by atoms with Crippen LogP contribution in [-0.2, 0) is 6.54 Å². The summed E-state index contributed by atoms with van der Waals surface area (Å²) in [6.45, 7) is 3.30. The van der Waals surface area contributed by atoms with Crippen LogP contribution in [0.5, 0.6) is 0 Å². The molecule has 1 aromatic rings. The van der Waals surface area contributed by atoms with Crippen molar-refractivity contribution in [3.63, 3.8) is 0 Å². The van der Waals surface area contributed by atoms with E-state index < -0.39 is 5.97 Å². The lowest BCUT2D eigenvalue weighted by Crippen LogP contribution is -2.26. The fraction of sp³-hybridized carbons (Fsp3) is 0.583. The summed E-state index contributed by atoms with van der Waals surface area (Å²) in [5.74, 6) is 1.06. The molecule has 2 N–H and O–H groups in total. The van der Waals surface area contributed by atoms with E-state index in [1.807, 2.05) is 0 Å². The number of carbonyl (C=O) groups is 1. The molecule has 1 aliphatic carbocycles. The first-order valence-corrected chi connectivity index (χ1v) is 5.70. The molecule has 1 aliphatic rings. The molecule has 4 heteroatoms. The van der Waals surface area contributed by atoms with E-state index in [1.165, 1.54) is 19.3 Å². The van der Waals surface area contributed by atoms with Gasteiger partial charge in [0.15, 0.2) is 0 Å². The lowest BCUT2D eigenvalue weighted by molar-refractivity contribution is 0.0695. The molecule has 0 atom stereocenters. The average Bonchev–Trinajstić information content (AvgIpc) is 2.51. The van der Waals surface area contributed by atoms with Crippen LogP contribution in [0.3, 0.4) is 0 Å². The maximum atomic E-state index is 10.8. The highest BCUT2D eigenvalue weighted by molar-refractivity contribution is 5.88. The van der Waals surface area contributed by atoms with Gasteiger partial charge >= 0.3 is 5.97 Å². The number of carboxylic acids is 1. The molecular weight excluding hydrogens is 206 g/mol. The summed E-state index contributed by atoms with van der Waals surface area (Å²) in [5.41, 5.74) is 0.264. The molecule has 0 radical (unpaired) electrons. The van der Waals surface area contributed by atoms with E-state index in [2.05, 4.69) is 5.32 Å². The normalized spacial score (nSPS) is 16.1. The highest BCUT2D eigenvalue weighted by Crippen LogP contribution is 2.25. The largest absolute Gasteiger partial charge is 0.478 e. The smallest absolute Gasteiger partial charge is 0.339 e. The minimum atomic E-state index is -0.925. The van der Waals surface area contributed by atoms with Crippen LogP contribution in [0.25, 0.3) is 0 Å². The molecule has 0 saturated heterocycles. The molecular formula is C12H17NO3. The fourth-order valence-electron chi connectivity index (χ4n) is 1.94. The zero-order valence-electron chi connectivity index (χ0n) is 9.45. The van der Waals surface area contributed by atoms with Gasteiger partial charge in [0, 0.05) is 0 Å². The molecule has 1 fully saturated rings. The Kier molecular flexibility index (Phi) is 3.29. The number of hydrogen-bond acceptors (Lipinski definition) is 3. The maximum absolute atomic E-state index is 10.8. The second-order valence-electron chi connectivity index (χ2n) is 4.42. The first-order valence-electron chi connectivity index (χ1n) is 5.70. The first kappa shape index (κ1) is 11.2. The molecule has 2 rings (SSSR count). The Hall–Kier alpha value is -1.29. The van der Waals surface area contributed by atoms with E-state index in [-0.39, 0.29) is 5.56 Å². The molecule has 0 bridgehead atoms. The van der Waals surface area contributed by atoms with Crippen LogP contribution in [-0.4, -0.2) is 17.6 Å². The Labute approximate surface area is 94.6 Å². The molecule has 1 heterocycles. The van der Waals surface area contributed by atoms with Gasteiger partial charge in [-0.3, -0.25) is 0 Å². The topological polar surface area (TPSA) is 62.5 Å². The van der Waals surface area contributed by atoms with E-state index >= 15 is 0 Å². The van der Waals surface area contributed by atoms with Crippen LogP contribution >= 0.6 is 0 Å². The third kappa shape index (κ3) is 2.44. The first-order chi connectivity index (χ1) is 7.66. The van der Waals surface area contributed by atoms with E-state index in [4.69, 9.17) is 9.52 Å². The highest BCUT2D eigenvalue weighted by Gasteiger charge is 2.17. The average molecular weight is 223 g/mol. The van der Waals surface area contributed by atoms with Crippen molar-refractivity contribution in [1.29, 1.82) is 0 Å². The van der Waals surface area contributed by atoms with Crippen LogP contribution in [0.4, 0.5) is 0 Å². The van der Waals surface area contributed by atoms with Gasteiger partial charge in [0.25, 0.3) is 0 Å². The van der Waals surface area contributed by atoms with Crippen molar-refractivity contribution in [3.05, 3.63) is 23.2 Å². The Morgan fingerprint density at radius 1 is 1.62 bits per heavy atom. The predicted molar refractivity (Wildman–Crippen MR) is 59.5 cm³/mol. The quantitative estimate of drug-likeness (QED) is 0.803. The summed E-state index contributed by atoms with van der Waals surface area (Å²) in [5, 5.41) is 12.2. The third-order valence-corrected chi connectivity index (χ3v) is 3.16. The summed E-state index contributed by atoms with van der Waals surface area (Å²) in [6.07, 6.45) is 3.96. The summed E-state index contributed by atoms with van der Waals surface area (Å²) in [6, 6.07) is 1.60. The van der Waals surface area contributed by atoms with Crippen LogP contribution in [0, 0.1) is 12.8 Å². The Bertz CT molecular complexity index is 380. The maximum Gasteiger partial charge on any atom is 0.339 e. The van der Waals surface area contributed by atoms with Crippen molar-refractivity contribution in [2.24, 2.45) is 5.92 Å². The fourth-order valence-corrected chi connectivity index (χ4v) is 1.94. The monoisotopic (exact) mass is 223 g/mol. The van der Waals surface area contributed by atoms with Crippen LogP contribution in [0.1, 0.15) is 41.1 Å². The second kappa shape index (κ2) is 4.70. The van der Waals surface area contributed by atoms with Crippen molar-refractivity contribution in [2.75, 3.05) is 6.54 Å². The van der Waals surface area contributed by atoms with Gasteiger partial charge in [-0.1, -0.05) is 6.42 Å². The number of aromatic carboxylic acids is 1. The van der Waals surface area contributed by atoms with Gasteiger partial charge in [-0.15, -0.1) is 0 Å². The molecule has 88 valence electrons. The molecule has 0 aromatic carbocycles. The Morgan fingerprint density at radius 2 is 2.38 bits per heavy atom. The van der Waals surface area contributed by atoms with Crippen molar-refractivity contribution in [3.8, 4) is 0 Å². The van der Waals surface area contributed by atoms with Gasteiger partial charge < -0.3 is 14.8 Å². The lowest BCUT2D eigenvalue weighted by atomic mass is 9.85. The molecule has 1 saturated carbocycles. The second-order valence-corrected chi connectivity index (χ2v) is 4.42. The SMILES string of the molecule is Cc1oc(CNCC2CCC2)cc1C(=O)O. The Balaban J connectivity index is 1.84. The molecule has 0 aliphatic heterocycles. The van der Waals surface area contributed by atoms with Gasteiger partial charge in [0.2, 0.25) is 0 Å². The van der Waals surface area contributed by atoms with Crippen molar-refractivity contribution < 1.29 is 14.3 Å². The van der Waals surface area contributed by atoms with E-state index in [0.29, 0.717) is 18.1 Å². The van der Waals surface area contributed by atoms with Crippen molar-refractivity contribution in [2.45, 2.75) is 32.7 Å². The molecule has 0 amide bonds. The minimum Gasteiger partial charge on any atom is -0.478 e. The molecule has 1 aromatic heterocycles. The van der Waals surface area contributed by atoms with Crippen LogP contribution in [0.2, 0.25) is 0 Å². The summed E-state index contributed by atoms with van der Waals surface area (Å²) < 4.78 is 5.37. The molecule has 4 nitrogen and oxygen atoms in total. The zero-order valence-corrected chi connectivity index (χ0v) is 9.45. The van der Waals surface area contributed by atoms with Gasteiger partial charge in [-0.05, 0) is 38.3 Å². The minimum absolute atomic E-state index is 0.264. The van der Waals surface area contributed by atoms with Crippen LogP contribution < -0.4 is 5.32 Å².